The van der Waals surface area contributed by atoms with Crippen LogP contribution < -0.4 is 5.32 Å². The molecule has 1 aromatic carbocycles. The Labute approximate surface area is 113 Å². The zero-order valence-corrected chi connectivity index (χ0v) is 11.7. The van der Waals surface area contributed by atoms with Gasteiger partial charge in [0.1, 0.15) is 6.04 Å². The highest BCUT2D eigenvalue weighted by atomic mass is 35.5. The van der Waals surface area contributed by atoms with Crippen molar-refractivity contribution in [1.29, 1.82) is 0 Å². The normalized spacial score (nSPS) is 14.5. The number of hydrogen-bond donors (Lipinski definition) is 2. The van der Waals surface area contributed by atoms with Gasteiger partial charge in [0.05, 0.1) is 0 Å². The molecule has 0 spiro atoms. The van der Waals surface area contributed by atoms with Gasteiger partial charge in [-0.15, -0.1) is 0 Å². The van der Waals surface area contributed by atoms with Gasteiger partial charge in [-0.2, -0.15) is 0 Å². The maximum Gasteiger partial charge on any atom is 0.320 e. The number of hydrogen-bond acceptors (Lipinski definition) is 2. The largest absolute Gasteiger partial charge is 0.480 e. The predicted molar refractivity (Wildman–Crippen MR) is 74.1 cm³/mol. The van der Waals surface area contributed by atoms with Gasteiger partial charge in [-0.3, -0.25) is 4.79 Å². The molecule has 100 valence electrons. The van der Waals surface area contributed by atoms with Crippen LogP contribution in [0.3, 0.4) is 0 Å². The van der Waals surface area contributed by atoms with E-state index in [1.54, 1.807) is 0 Å². The molecule has 18 heavy (non-hydrogen) atoms. The zero-order chi connectivity index (χ0) is 13.7. The van der Waals surface area contributed by atoms with Crippen molar-refractivity contribution in [2.45, 2.75) is 32.7 Å². The fourth-order valence-electron chi connectivity index (χ4n) is 1.84. The van der Waals surface area contributed by atoms with Crippen LogP contribution in [0.25, 0.3) is 0 Å². The standard InChI is InChI=1S/C14H20ClNO2/c1-9(2)13(14(17)18)16-8-10(3)11-5-4-6-12(15)7-11/h4-7,9-10,13,16H,8H2,1-3H3,(H,17,18)/t10?,13-/m0/s1. The number of rotatable bonds is 6. The van der Waals surface area contributed by atoms with Crippen molar-refractivity contribution in [3.63, 3.8) is 0 Å². The van der Waals surface area contributed by atoms with E-state index < -0.39 is 12.0 Å². The van der Waals surface area contributed by atoms with E-state index in [4.69, 9.17) is 16.7 Å². The first-order valence-electron chi connectivity index (χ1n) is 6.13. The molecule has 0 aliphatic rings. The van der Waals surface area contributed by atoms with E-state index in [1.807, 2.05) is 38.1 Å². The second-order valence-electron chi connectivity index (χ2n) is 4.92. The molecule has 0 fully saturated rings. The Kier molecular flexibility index (Phi) is 5.63. The summed E-state index contributed by atoms with van der Waals surface area (Å²) >= 11 is 5.94. The smallest absolute Gasteiger partial charge is 0.320 e. The van der Waals surface area contributed by atoms with Gasteiger partial charge >= 0.3 is 5.97 Å². The molecule has 0 aliphatic heterocycles. The van der Waals surface area contributed by atoms with E-state index in [2.05, 4.69) is 12.2 Å². The van der Waals surface area contributed by atoms with Crippen molar-refractivity contribution >= 4 is 17.6 Å². The van der Waals surface area contributed by atoms with E-state index in [1.165, 1.54) is 0 Å². The van der Waals surface area contributed by atoms with Crippen LogP contribution in [0.5, 0.6) is 0 Å². The number of carboxylic acid groups (broad SMARTS) is 1. The van der Waals surface area contributed by atoms with E-state index in [-0.39, 0.29) is 11.8 Å². The third-order valence-corrected chi connectivity index (χ3v) is 3.23. The lowest BCUT2D eigenvalue weighted by atomic mass is 9.99. The van der Waals surface area contributed by atoms with Gasteiger partial charge in [0, 0.05) is 11.6 Å². The fourth-order valence-corrected chi connectivity index (χ4v) is 2.04. The summed E-state index contributed by atoms with van der Waals surface area (Å²) in [7, 11) is 0. The van der Waals surface area contributed by atoms with Crippen LogP contribution in [0, 0.1) is 5.92 Å². The third kappa shape index (κ3) is 4.31. The molecular weight excluding hydrogens is 250 g/mol. The Hall–Kier alpha value is -1.06. The first-order valence-corrected chi connectivity index (χ1v) is 6.51. The number of nitrogens with one attached hydrogen (secondary N) is 1. The van der Waals surface area contributed by atoms with Crippen LogP contribution >= 0.6 is 11.6 Å². The number of carbonyl (C=O) groups is 1. The van der Waals surface area contributed by atoms with Crippen molar-refractivity contribution in [3.8, 4) is 0 Å². The Morgan fingerprint density at radius 3 is 2.56 bits per heavy atom. The Morgan fingerprint density at radius 1 is 1.39 bits per heavy atom. The van der Waals surface area contributed by atoms with Crippen LogP contribution in [0.15, 0.2) is 24.3 Å². The second kappa shape index (κ2) is 6.76. The van der Waals surface area contributed by atoms with Gasteiger partial charge in [0.25, 0.3) is 0 Å². The quantitative estimate of drug-likeness (QED) is 0.834. The summed E-state index contributed by atoms with van der Waals surface area (Å²) in [5, 5.41) is 12.9. The minimum Gasteiger partial charge on any atom is -0.480 e. The van der Waals surface area contributed by atoms with Crippen molar-refractivity contribution in [2.75, 3.05) is 6.54 Å². The summed E-state index contributed by atoms with van der Waals surface area (Å²) in [4.78, 5) is 11.1. The molecular formula is C14H20ClNO2. The highest BCUT2D eigenvalue weighted by Gasteiger charge is 2.21. The summed E-state index contributed by atoms with van der Waals surface area (Å²) in [6.45, 7) is 6.47. The molecule has 4 heteroatoms. The summed E-state index contributed by atoms with van der Waals surface area (Å²) in [5.74, 6) is -0.512. The minimum atomic E-state index is -0.803. The van der Waals surface area contributed by atoms with E-state index >= 15 is 0 Å². The molecule has 3 nitrogen and oxygen atoms in total. The van der Waals surface area contributed by atoms with Crippen molar-refractivity contribution < 1.29 is 9.90 Å². The van der Waals surface area contributed by atoms with Crippen LogP contribution in [0.2, 0.25) is 5.02 Å². The molecule has 2 atom stereocenters. The van der Waals surface area contributed by atoms with Gasteiger partial charge in [-0.25, -0.2) is 0 Å². The van der Waals surface area contributed by atoms with Gasteiger partial charge in [0.2, 0.25) is 0 Å². The van der Waals surface area contributed by atoms with Crippen LogP contribution in [-0.4, -0.2) is 23.7 Å². The van der Waals surface area contributed by atoms with Gasteiger partial charge in [-0.1, -0.05) is 44.5 Å². The topological polar surface area (TPSA) is 49.3 Å². The average molecular weight is 270 g/mol. The Morgan fingerprint density at radius 2 is 2.06 bits per heavy atom. The molecule has 0 aromatic heterocycles. The number of aliphatic carboxylic acids is 1. The van der Waals surface area contributed by atoms with Gasteiger partial charge in [-0.05, 0) is 29.5 Å². The molecule has 0 saturated carbocycles. The van der Waals surface area contributed by atoms with Gasteiger partial charge < -0.3 is 10.4 Å². The Balaban J connectivity index is 2.60. The summed E-state index contributed by atoms with van der Waals surface area (Å²) in [6, 6.07) is 7.15. The third-order valence-electron chi connectivity index (χ3n) is 2.99. The fraction of sp³-hybridized carbons (Fsp3) is 0.500. The summed E-state index contributed by atoms with van der Waals surface area (Å²) in [6.07, 6.45) is 0. The molecule has 0 aliphatic carbocycles. The molecule has 1 aromatic rings. The van der Waals surface area contributed by atoms with Crippen LogP contribution in [0.4, 0.5) is 0 Å². The zero-order valence-electron chi connectivity index (χ0n) is 11.0. The molecule has 1 unspecified atom stereocenters. The highest BCUT2D eigenvalue weighted by Crippen LogP contribution is 2.19. The first kappa shape index (κ1) is 15.0. The van der Waals surface area contributed by atoms with E-state index in [0.717, 1.165) is 5.56 Å². The second-order valence-corrected chi connectivity index (χ2v) is 5.36. The molecule has 0 radical (unpaired) electrons. The average Bonchev–Trinajstić information content (AvgIpc) is 2.28. The monoisotopic (exact) mass is 269 g/mol. The Bertz CT molecular complexity index is 407. The van der Waals surface area contributed by atoms with Gasteiger partial charge in [0.15, 0.2) is 0 Å². The lowest BCUT2D eigenvalue weighted by Gasteiger charge is -2.21. The van der Waals surface area contributed by atoms with E-state index in [9.17, 15) is 4.79 Å². The first-order chi connectivity index (χ1) is 8.41. The molecule has 0 heterocycles. The van der Waals surface area contributed by atoms with Crippen molar-refractivity contribution in [2.24, 2.45) is 5.92 Å². The molecule has 1 rings (SSSR count). The van der Waals surface area contributed by atoms with Crippen LogP contribution in [-0.2, 0) is 4.79 Å². The maximum atomic E-state index is 11.1. The van der Waals surface area contributed by atoms with Crippen molar-refractivity contribution in [1.82, 2.24) is 5.32 Å². The van der Waals surface area contributed by atoms with Crippen LogP contribution in [0.1, 0.15) is 32.3 Å². The molecule has 0 amide bonds. The minimum absolute atomic E-state index is 0.0639. The lowest BCUT2D eigenvalue weighted by Crippen LogP contribution is -2.42. The maximum absolute atomic E-state index is 11.1. The number of carboxylic acids is 1. The predicted octanol–water partition coefficient (Wildman–Crippen LogP) is 3.14. The highest BCUT2D eigenvalue weighted by molar-refractivity contribution is 6.30. The summed E-state index contributed by atoms with van der Waals surface area (Å²) < 4.78 is 0. The summed E-state index contributed by atoms with van der Waals surface area (Å²) in [5.41, 5.74) is 1.11. The van der Waals surface area contributed by atoms with E-state index in [0.29, 0.717) is 11.6 Å². The molecule has 2 N–H and O–H groups in total. The SMILES string of the molecule is CC(CN[C@H](C(=O)O)C(C)C)c1cccc(Cl)c1. The number of halogens is 1. The number of benzene rings is 1. The van der Waals surface area contributed by atoms with Crippen molar-refractivity contribution in [3.05, 3.63) is 34.9 Å². The molecule has 0 bridgehead atoms. The lowest BCUT2D eigenvalue weighted by molar-refractivity contribution is -0.140. The molecule has 0 saturated heterocycles.